The van der Waals surface area contributed by atoms with E-state index in [1.807, 2.05) is 0 Å². The lowest BCUT2D eigenvalue weighted by molar-refractivity contribution is -0.119. The van der Waals surface area contributed by atoms with Crippen molar-refractivity contribution in [1.29, 1.82) is 0 Å². The van der Waals surface area contributed by atoms with Gasteiger partial charge in [0.1, 0.15) is 0 Å². The predicted molar refractivity (Wildman–Crippen MR) is 56.3 cm³/mol. The Hall–Kier alpha value is -1.30. The van der Waals surface area contributed by atoms with Gasteiger partial charge in [-0.3, -0.25) is 9.69 Å². The largest absolute Gasteiger partial charge is 0.355 e. The minimum absolute atomic E-state index is 0.00854. The van der Waals surface area contributed by atoms with Crippen molar-refractivity contribution in [3.63, 3.8) is 0 Å². The third-order valence-electron chi connectivity index (χ3n) is 2.49. The fourth-order valence-corrected chi connectivity index (χ4v) is 1.58. The van der Waals surface area contributed by atoms with Crippen molar-refractivity contribution >= 4 is 11.9 Å². The Morgan fingerprint density at radius 3 is 2.33 bits per heavy atom. The molecule has 6 heteroatoms. The van der Waals surface area contributed by atoms with E-state index in [2.05, 4.69) is 10.2 Å². The second kappa shape index (κ2) is 5.55. The number of primary amides is 1. The molecular formula is C9H18N4O2. The number of nitrogens with one attached hydrogen (secondary N) is 1. The zero-order chi connectivity index (χ0) is 11.3. The van der Waals surface area contributed by atoms with Gasteiger partial charge in [0.15, 0.2) is 0 Å². The summed E-state index contributed by atoms with van der Waals surface area (Å²) in [5, 5.41) is 2.74. The van der Waals surface area contributed by atoms with E-state index in [0.717, 1.165) is 19.6 Å². The van der Waals surface area contributed by atoms with Gasteiger partial charge in [-0.05, 0) is 0 Å². The summed E-state index contributed by atoms with van der Waals surface area (Å²) in [4.78, 5) is 25.3. The summed E-state index contributed by atoms with van der Waals surface area (Å²) in [5.74, 6) is -0.00854. The topological polar surface area (TPSA) is 78.7 Å². The molecule has 1 rings (SSSR count). The molecule has 0 aromatic rings. The van der Waals surface area contributed by atoms with Crippen LogP contribution in [0.3, 0.4) is 0 Å². The number of rotatable bonds is 3. The van der Waals surface area contributed by atoms with Gasteiger partial charge in [-0.2, -0.15) is 0 Å². The molecular weight excluding hydrogens is 196 g/mol. The van der Waals surface area contributed by atoms with Crippen molar-refractivity contribution in [3.8, 4) is 0 Å². The quantitative estimate of drug-likeness (QED) is 0.620. The van der Waals surface area contributed by atoms with Crippen LogP contribution in [0.15, 0.2) is 0 Å². The number of amides is 3. The average Bonchev–Trinajstić information content (AvgIpc) is 2.18. The highest BCUT2D eigenvalue weighted by Gasteiger charge is 2.18. The van der Waals surface area contributed by atoms with Gasteiger partial charge in [0.05, 0.1) is 0 Å². The van der Waals surface area contributed by atoms with Crippen LogP contribution >= 0.6 is 0 Å². The van der Waals surface area contributed by atoms with E-state index in [4.69, 9.17) is 5.73 Å². The minimum Gasteiger partial charge on any atom is -0.355 e. The van der Waals surface area contributed by atoms with Crippen LogP contribution in [0.1, 0.15) is 6.92 Å². The van der Waals surface area contributed by atoms with E-state index in [-0.39, 0.29) is 11.9 Å². The van der Waals surface area contributed by atoms with Gasteiger partial charge in [0.2, 0.25) is 5.91 Å². The highest BCUT2D eigenvalue weighted by atomic mass is 16.2. The van der Waals surface area contributed by atoms with Crippen LogP contribution < -0.4 is 11.1 Å². The van der Waals surface area contributed by atoms with Crippen molar-refractivity contribution in [2.75, 3.05) is 39.3 Å². The third kappa shape index (κ3) is 4.16. The fourth-order valence-electron chi connectivity index (χ4n) is 1.58. The predicted octanol–water partition coefficient (Wildman–Crippen LogP) is -1.18. The van der Waals surface area contributed by atoms with Crippen molar-refractivity contribution in [2.45, 2.75) is 6.92 Å². The SMILES string of the molecule is CC(=O)NCCN1CCN(C(N)=O)CC1. The number of urea groups is 1. The van der Waals surface area contributed by atoms with Gasteiger partial charge in [0, 0.05) is 46.2 Å². The first-order valence-electron chi connectivity index (χ1n) is 5.11. The zero-order valence-corrected chi connectivity index (χ0v) is 9.03. The lowest BCUT2D eigenvalue weighted by atomic mass is 10.3. The van der Waals surface area contributed by atoms with Crippen LogP contribution in [0.4, 0.5) is 4.79 Å². The van der Waals surface area contributed by atoms with Gasteiger partial charge < -0.3 is 16.0 Å². The molecule has 0 aromatic carbocycles. The number of hydrogen-bond acceptors (Lipinski definition) is 3. The first-order chi connectivity index (χ1) is 7.09. The van der Waals surface area contributed by atoms with Crippen LogP contribution in [-0.4, -0.2) is 61.0 Å². The summed E-state index contributed by atoms with van der Waals surface area (Å²) in [7, 11) is 0. The van der Waals surface area contributed by atoms with Gasteiger partial charge >= 0.3 is 6.03 Å². The molecule has 86 valence electrons. The molecule has 0 atom stereocenters. The number of piperazine rings is 1. The van der Waals surface area contributed by atoms with E-state index in [1.54, 1.807) is 4.90 Å². The summed E-state index contributed by atoms with van der Waals surface area (Å²) < 4.78 is 0. The van der Waals surface area contributed by atoms with Gasteiger partial charge in [0.25, 0.3) is 0 Å². The molecule has 0 unspecified atom stereocenters. The second-order valence-corrected chi connectivity index (χ2v) is 3.65. The van der Waals surface area contributed by atoms with Crippen LogP contribution in [0.5, 0.6) is 0 Å². The molecule has 0 radical (unpaired) electrons. The van der Waals surface area contributed by atoms with E-state index < -0.39 is 0 Å². The van der Waals surface area contributed by atoms with Crippen molar-refractivity contribution in [2.24, 2.45) is 5.73 Å². The van der Waals surface area contributed by atoms with Crippen LogP contribution in [-0.2, 0) is 4.79 Å². The molecule has 6 nitrogen and oxygen atoms in total. The van der Waals surface area contributed by atoms with Crippen molar-refractivity contribution in [3.05, 3.63) is 0 Å². The molecule has 0 aliphatic carbocycles. The first-order valence-corrected chi connectivity index (χ1v) is 5.11. The maximum Gasteiger partial charge on any atom is 0.314 e. The van der Waals surface area contributed by atoms with Crippen LogP contribution in [0.25, 0.3) is 0 Å². The first kappa shape index (κ1) is 11.8. The molecule has 0 bridgehead atoms. The maximum atomic E-state index is 10.8. The molecule has 0 saturated carbocycles. The summed E-state index contributed by atoms with van der Waals surface area (Å²) >= 11 is 0. The summed E-state index contributed by atoms with van der Waals surface area (Å²) in [5.41, 5.74) is 5.16. The Bertz CT molecular complexity index is 234. The Balaban J connectivity index is 2.14. The molecule has 3 N–H and O–H groups in total. The van der Waals surface area contributed by atoms with Gasteiger partial charge in [-0.15, -0.1) is 0 Å². The number of nitrogens with two attached hydrogens (primary N) is 1. The maximum absolute atomic E-state index is 10.8. The molecule has 0 aromatic heterocycles. The summed E-state index contributed by atoms with van der Waals surface area (Å²) in [6.07, 6.45) is 0. The Labute approximate surface area is 89.4 Å². The molecule has 1 aliphatic heterocycles. The Morgan fingerprint density at radius 2 is 1.87 bits per heavy atom. The fraction of sp³-hybridized carbons (Fsp3) is 0.778. The smallest absolute Gasteiger partial charge is 0.314 e. The zero-order valence-electron chi connectivity index (χ0n) is 9.03. The molecule has 3 amide bonds. The van der Waals surface area contributed by atoms with Gasteiger partial charge in [-0.1, -0.05) is 0 Å². The monoisotopic (exact) mass is 214 g/mol. The Kier molecular flexibility index (Phi) is 4.36. The molecule has 15 heavy (non-hydrogen) atoms. The van der Waals surface area contributed by atoms with E-state index in [0.29, 0.717) is 19.6 Å². The number of carbonyl (C=O) groups excluding carboxylic acids is 2. The summed E-state index contributed by atoms with van der Waals surface area (Å²) in [6.45, 7) is 5.99. The highest BCUT2D eigenvalue weighted by Crippen LogP contribution is 1.99. The van der Waals surface area contributed by atoms with Crippen LogP contribution in [0, 0.1) is 0 Å². The normalized spacial score (nSPS) is 17.5. The van der Waals surface area contributed by atoms with Crippen LogP contribution in [0.2, 0.25) is 0 Å². The lowest BCUT2D eigenvalue weighted by Gasteiger charge is -2.33. The highest BCUT2D eigenvalue weighted by molar-refractivity contribution is 5.72. The molecule has 1 saturated heterocycles. The average molecular weight is 214 g/mol. The van der Waals surface area contributed by atoms with Crippen molar-refractivity contribution < 1.29 is 9.59 Å². The van der Waals surface area contributed by atoms with Crippen molar-refractivity contribution in [1.82, 2.24) is 15.1 Å². The standard InChI is InChI=1S/C9H18N4O2/c1-8(14)11-2-3-12-4-6-13(7-5-12)9(10)15/h2-7H2,1H3,(H2,10,15)(H,11,14). The van der Waals surface area contributed by atoms with E-state index in [9.17, 15) is 9.59 Å². The molecule has 0 spiro atoms. The number of nitrogens with zero attached hydrogens (tertiary/aromatic N) is 2. The van der Waals surface area contributed by atoms with E-state index >= 15 is 0 Å². The lowest BCUT2D eigenvalue weighted by Crippen LogP contribution is -2.51. The number of hydrogen-bond donors (Lipinski definition) is 2. The molecule has 1 fully saturated rings. The minimum atomic E-state index is -0.350. The van der Waals surface area contributed by atoms with E-state index in [1.165, 1.54) is 6.92 Å². The Morgan fingerprint density at radius 1 is 1.27 bits per heavy atom. The third-order valence-corrected chi connectivity index (χ3v) is 2.49. The van der Waals surface area contributed by atoms with Gasteiger partial charge in [-0.25, -0.2) is 4.79 Å². The second-order valence-electron chi connectivity index (χ2n) is 3.65. The number of carbonyl (C=O) groups is 2. The molecule has 1 aliphatic rings. The molecule has 1 heterocycles. The summed E-state index contributed by atoms with van der Waals surface area (Å²) in [6, 6.07) is -0.350.